The van der Waals surface area contributed by atoms with Gasteiger partial charge < -0.3 is 9.64 Å². The maximum absolute atomic E-state index is 13.2. The van der Waals surface area contributed by atoms with Gasteiger partial charge in [-0.1, -0.05) is 32.8 Å². The van der Waals surface area contributed by atoms with E-state index >= 15 is 0 Å². The normalized spacial score (nSPS) is 15.8. The van der Waals surface area contributed by atoms with Crippen molar-refractivity contribution in [2.75, 3.05) is 19.6 Å². The number of fused-ring (bicyclic) bond motifs is 1. The first kappa shape index (κ1) is 37.5. The molecule has 1 saturated heterocycles. The molecule has 1 aromatic carbocycles. The van der Waals surface area contributed by atoms with Crippen LogP contribution in [0.2, 0.25) is 0 Å². The van der Waals surface area contributed by atoms with Gasteiger partial charge in [0.15, 0.2) is 0 Å². The van der Waals surface area contributed by atoms with Crippen molar-refractivity contribution in [2.45, 2.75) is 117 Å². The molecule has 0 radical (unpaired) electrons. The number of rotatable bonds is 14. The number of carbonyl (C=O) groups is 5. The Morgan fingerprint density at radius 2 is 1.68 bits per heavy atom. The number of aromatic nitrogens is 1. The molecule has 1 unspecified atom stereocenters. The standard InChI is InChI=1S/C35H46N4O6.C2H6/c1-24(10-15-31(41)37-23-40)39-32(42)29-14-12-26(21-30(29)33(39)43)25-16-19-38(20-17-25)18-8-6-5-7-9-28-13-11-27(22-36-28)34(44)45-35(2,3)4;1-2/h11-14,21-25H,5-10,15-20H2,1-4H3,(H,37,40,41);1-2H3. The third-order valence-electron chi connectivity index (χ3n) is 8.57. The molecular formula is C37H52N4O6. The Kier molecular flexibility index (Phi) is 14.3. The van der Waals surface area contributed by atoms with Gasteiger partial charge in [-0.15, -0.1) is 0 Å². The summed E-state index contributed by atoms with van der Waals surface area (Å²) < 4.78 is 5.39. The highest BCUT2D eigenvalue weighted by molar-refractivity contribution is 6.21. The fourth-order valence-electron chi connectivity index (χ4n) is 6.05. The zero-order chi connectivity index (χ0) is 34.6. The van der Waals surface area contributed by atoms with Gasteiger partial charge in [-0.2, -0.15) is 0 Å². The average molecular weight is 649 g/mol. The van der Waals surface area contributed by atoms with Crippen LogP contribution in [0.25, 0.3) is 0 Å². The fourth-order valence-corrected chi connectivity index (χ4v) is 6.05. The molecule has 2 aliphatic rings. The van der Waals surface area contributed by atoms with Gasteiger partial charge in [0.2, 0.25) is 12.3 Å². The lowest BCUT2D eigenvalue weighted by molar-refractivity contribution is -0.125. The number of imide groups is 2. The number of carbonyl (C=O) groups excluding carboxylic acids is 5. The number of hydrogen-bond acceptors (Lipinski definition) is 8. The molecule has 10 nitrogen and oxygen atoms in total. The predicted molar refractivity (Wildman–Crippen MR) is 181 cm³/mol. The van der Waals surface area contributed by atoms with Gasteiger partial charge in [0.05, 0.1) is 16.7 Å². The highest BCUT2D eigenvalue weighted by Gasteiger charge is 2.39. The van der Waals surface area contributed by atoms with Gasteiger partial charge in [0.25, 0.3) is 11.8 Å². The van der Waals surface area contributed by atoms with Gasteiger partial charge >= 0.3 is 5.97 Å². The zero-order valence-electron chi connectivity index (χ0n) is 29.0. The summed E-state index contributed by atoms with van der Waals surface area (Å²) >= 11 is 0. The average Bonchev–Trinajstić information content (AvgIpc) is 3.31. The van der Waals surface area contributed by atoms with E-state index in [9.17, 15) is 24.0 Å². The molecule has 10 heteroatoms. The Bertz CT molecular complexity index is 1380. The summed E-state index contributed by atoms with van der Waals surface area (Å²) in [5.41, 5.74) is 2.90. The van der Waals surface area contributed by atoms with Crippen molar-refractivity contribution in [2.24, 2.45) is 0 Å². The summed E-state index contributed by atoms with van der Waals surface area (Å²) in [6.07, 6.45) is 9.71. The number of nitrogens with zero attached hydrogens (tertiary/aromatic N) is 3. The second-order valence-corrected chi connectivity index (χ2v) is 13.2. The lowest BCUT2D eigenvalue weighted by Gasteiger charge is -2.32. The molecule has 0 saturated carbocycles. The van der Waals surface area contributed by atoms with Crippen molar-refractivity contribution < 1.29 is 28.7 Å². The molecule has 0 aliphatic carbocycles. The number of pyridine rings is 1. The molecule has 4 amide bonds. The summed E-state index contributed by atoms with van der Waals surface area (Å²) in [6, 6.07) is 8.90. The van der Waals surface area contributed by atoms with Gasteiger partial charge in [-0.25, -0.2) is 4.79 Å². The predicted octanol–water partition coefficient (Wildman–Crippen LogP) is 6.08. The number of unbranched alkanes of at least 4 members (excludes halogenated alkanes) is 3. The van der Waals surface area contributed by atoms with Crippen LogP contribution < -0.4 is 5.32 Å². The van der Waals surface area contributed by atoms with E-state index in [1.54, 1.807) is 25.3 Å². The molecular weight excluding hydrogens is 596 g/mol. The maximum Gasteiger partial charge on any atom is 0.340 e. The van der Waals surface area contributed by atoms with Crippen molar-refractivity contribution in [1.82, 2.24) is 20.1 Å². The molecule has 2 aliphatic heterocycles. The number of ether oxygens (including phenoxy) is 1. The monoisotopic (exact) mass is 648 g/mol. The lowest BCUT2D eigenvalue weighted by atomic mass is 9.87. The van der Waals surface area contributed by atoms with Crippen molar-refractivity contribution in [3.8, 4) is 0 Å². The van der Waals surface area contributed by atoms with E-state index < -0.39 is 17.6 Å². The first-order valence-electron chi connectivity index (χ1n) is 17.1. The number of esters is 1. The smallest absolute Gasteiger partial charge is 0.340 e. The Hall–Kier alpha value is -3.92. The van der Waals surface area contributed by atoms with E-state index in [1.807, 2.05) is 52.8 Å². The molecule has 2 aromatic rings. The minimum absolute atomic E-state index is 0.0573. The Labute approximate surface area is 279 Å². The van der Waals surface area contributed by atoms with E-state index in [-0.39, 0.29) is 24.2 Å². The fraction of sp³-hybridized carbons (Fsp3) is 0.568. The first-order valence-corrected chi connectivity index (χ1v) is 17.1. The minimum atomic E-state index is -0.523. The highest BCUT2D eigenvalue weighted by atomic mass is 16.6. The first-order chi connectivity index (χ1) is 22.5. The summed E-state index contributed by atoms with van der Waals surface area (Å²) in [7, 11) is 0. The van der Waals surface area contributed by atoms with Crippen LogP contribution >= 0.6 is 0 Å². The van der Waals surface area contributed by atoms with Gasteiger partial charge in [0, 0.05) is 24.4 Å². The zero-order valence-corrected chi connectivity index (χ0v) is 29.0. The van der Waals surface area contributed by atoms with E-state index in [0.717, 1.165) is 75.8 Å². The Balaban J connectivity index is 0.00000294. The van der Waals surface area contributed by atoms with Gasteiger partial charge in [0.1, 0.15) is 5.60 Å². The summed E-state index contributed by atoms with van der Waals surface area (Å²) in [5, 5.41) is 2.09. The second-order valence-electron chi connectivity index (χ2n) is 13.2. The van der Waals surface area contributed by atoms with Crippen LogP contribution in [0.3, 0.4) is 0 Å². The summed E-state index contributed by atoms with van der Waals surface area (Å²) in [6.45, 7) is 14.4. The number of piperidine rings is 1. The Morgan fingerprint density at radius 1 is 1.00 bits per heavy atom. The number of likely N-dealkylation sites (tertiary alicyclic amines) is 1. The van der Waals surface area contributed by atoms with Crippen LogP contribution in [-0.4, -0.2) is 76.2 Å². The van der Waals surface area contributed by atoms with Crippen LogP contribution in [0.1, 0.15) is 141 Å². The minimum Gasteiger partial charge on any atom is -0.456 e. The number of benzene rings is 1. The van der Waals surface area contributed by atoms with Crippen molar-refractivity contribution >= 4 is 30.1 Å². The molecule has 1 fully saturated rings. The highest BCUT2D eigenvalue weighted by Crippen LogP contribution is 2.33. The molecule has 0 bridgehead atoms. The maximum atomic E-state index is 13.2. The van der Waals surface area contributed by atoms with Crippen LogP contribution in [0.15, 0.2) is 36.5 Å². The molecule has 3 heterocycles. The molecule has 47 heavy (non-hydrogen) atoms. The molecule has 1 atom stereocenters. The number of hydrogen-bond donors (Lipinski definition) is 1. The second kappa shape index (κ2) is 17.8. The third kappa shape index (κ3) is 10.8. The van der Waals surface area contributed by atoms with Gasteiger partial charge in [-0.3, -0.25) is 34.4 Å². The largest absolute Gasteiger partial charge is 0.456 e. The number of amides is 4. The van der Waals surface area contributed by atoms with E-state index in [4.69, 9.17) is 4.74 Å². The van der Waals surface area contributed by atoms with Crippen LogP contribution in [0.5, 0.6) is 0 Å². The number of aryl methyl sites for hydroxylation is 1. The molecule has 4 rings (SSSR count). The lowest BCUT2D eigenvalue weighted by Crippen LogP contribution is -2.38. The molecule has 0 spiro atoms. The van der Waals surface area contributed by atoms with Crippen LogP contribution in [-0.2, 0) is 20.7 Å². The third-order valence-corrected chi connectivity index (χ3v) is 8.57. The van der Waals surface area contributed by atoms with Gasteiger partial charge in [-0.05, 0) is 122 Å². The van der Waals surface area contributed by atoms with Crippen LogP contribution in [0, 0.1) is 0 Å². The van der Waals surface area contributed by atoms with E-state index in [0.29, 0.717) is 35.4 Å². The number of nitrogens with one attached hydrogen (secondary N) is 1. The van der Waals surface area contributed by atoms with Crippen molar-refractivity contribution in [3.05, 3.63) is 64.5 Å². The topological polar surface area (TPSA) is 126 Å². The SMILES string of the molecule is CC.CC(CCC(=O)NC=O)N1C(=O)c2ccc(C3CCN(CCCCCCc4ccc(C(=O)OC(C)(C)C)cn4)CC3)cc2C1=O. The summed E-state index contributed by atoms with van der Waals surface area (Å²) in [5.74, 6) is -1.07. The van der Waals surface area contributed by atoms with E-state index in [1.165, 1.54) is 4.90 Å². The van der Waals surface area contributed by atoms with E-state index in [2.05, 4.69) is 15.2 Å². The van der Waals surface area contributed by atoms with Crippen molar-refractivity contribution in [3.63, 3.8) is 0 Å². The molecule has 256 valence electrons. The Morgan fingerprint density at radius 3 is 2.32 bits per heavy atom. The van der Waals surface area contributed by atoms with Crippen molar-refractivity contribution in [1.29, 1.82) is 0 Å². The van der Waals surface area contributed by atoms with Crippen LogP contribution in [0.4, 0.5) is 0 Å². The molecule has 1 aromatic heterocycles. The molecule has 1 N–H and O–H groups in total. The summed E-state index contributed by atoms with van der Waals surface area (Å²) in [4.78, 5) is 68.6. The quantitative estimate of drug-likeness (QED) is 0.113.